The Hall–Kier alpha value is -2.20. The molecule has 112 valence electrons. The Morgan fingerprint density at radius 3 is 1.90 bits per heavy atom. The molecule has 2 aromatic rings. The van der Waals surface area contributed by atoms with Gasteiger partial charge in [0.2, 0.25) is 0 Å². The number of hydrogen-bond donors (Lipinski definition) is 1. The van der Waals surface area contributed by atoms with Gasteiger partial charge in [-0.15, -0.1) is 0 Å². The average molecular weight is 287 g/mol. The van der Waals surface area contributed by atoms with Crippen LogP contribution >= 0.6 is 0 Å². The van der Waals surface area contributed by atoms with Gasteiger partial charge in [-0.2, -0.15) is 0 Å². The molecule has 0 spiro atoms. The lowest BCUT2D eigenvalue weighted by Gasteiger charge is -2.19. The van der Waals surface area contributed by atoms with E-state index in [1.807, 2.05) is 37.4 Å². The van der Waals surface area contributed by atoms with Crippen LogP contribution in [0.25, 0.3) is 0 Å². The molecule has 1 N–H and O–H groups in total. The van der Waals surface area contributed by atoms with Gasteiger partial charge in [-0.05, 0) is 42.4 Å². The molecule has 1 unspecified atom stereocenters. The maximum Gasteiger partial charge on any atom is 0.161 e. The Morgan fingerprint density at radius 2 is 1.38 bits per heavy atom. The fourth-order valence-corrected chi connectivity index (χ4v) is 2.35. The van der Waals surface area contributed by atoms with E-state index in [-0.39, 0.29) is 6.04 Å². The first-order chi connectivity index (χ1) is 10.2. The summed E-state index contributed by atoms with van der Waals surface area (Å²) in [4.78, 5) is 0. The molecule has 4 nitrogen and oxygen atoms in total. The molecule has 0 aliphatic heterocycles. The highest BCUT2D eigenvalue weighted by Gasteiger charge is 2.14. The van der Waals surface area contributed by atoms with Gasteiger partial charge in [0, 0.05) is 0 Å². The van der Waals surface area contributed by atoms with Gasteiger partial charge in [0.25, 0.3) is 0 Å². The van der Waals surface area contributed by atoms with Crippen molar-refractivity contribution in [2.45, 2.75) is 6.04 Å². The van der Waals surface area contributed by atoms with Crippen molar-refractivity contribution in [2.75, 3.05) is 28.4 Å². The molecule has 0 amide bonds. The van der Waals surface area contributed by atoms with Crippen molar-refractivity contribution in [1.29, 1.82) is 0 Å². The molecule has 21 heavy (non-hydrogen) atoms. The molecule has 0 bridgehead atoms. The lowest BCUT2D eigenvalue weighted by Crippen LogP contribution is -2.17. The zero-order valence-corrected chi connectivity index (χ0v) is 12.8. The van der Waals surface area contributed by atoms with Crippen LogP contribution in [0.15, 0.2) is 42.5 Å². The summed E-state index contributed by atoms with van der Waals surface area (Å²) in [6.07, 6.45) is 0. The van der Waals surface area contributed by atoms with Crippen molar-refractivity contribution < 1.29 is 14.2 Å². The Balaban J connectivity index is 2.35. The van der Waals surface area contributed by atoms with E-state index in [1.165, 1.54) is 0 Å². The standard InChI is InChI=1S/C17H21NO3/c1-18-17(12-5-8-14(19-2)9-6-12)13-7-10-15(20-3)16(11-13)21-4/h5-11,17-18H,1-4H3. The molecule has 0 radical (unpaired) electrons. The van der Waals surface area contributed by atoms with E-state index in [0.717, 1.165) is 28.4 Å². The van der Waals surface area contributed by atoms with Crippen molar-refractivity contribution in [3.63, 3.8) is 0 Å². The Bertz CT molecular complexity index is 581. The third kappa shape index (κ3) is 3.28. The number of ether oxygens (including phenoxy) is 3. The van der Waals surface area contributed by atoms with Gasteiger partial charge in [-0.3, -0.25) is 0 Å². The zero-order valence-electron chi connectivity index (χ0n) is 12.8. The second-order valence-corrected chi connectivity index (χ2v) is 4.61. The molecule has 0 aliphatic carbocycles. The number of rotatable bonds is 6. The summed E-state index contributed by atoms with van der Waals surface area (Å²) >= 11 is 0. The summed E-state index contributed by atoms with van der Waals surface area (Å²) in [5.41, 5.74) is 2.27. The number of benzene rings is 2. The molecule has 1 atom stereocenters. The van der Waals surface area contributed by atoms with E-state index in [0.29, 0.717) is 0 Å². The van der Waals surface area contributed by atoms with Crippen LogP contribution in [0.2, 0.25) is 0 Å². The third-order valence-corrected chi connectivity index (χ3v) is 3.48. The van der Waals surface area contributed by atoms with Crippen LogP contribution < -0.4 is 19.5 Å². The maximum absolute atomic E-state index is 5.37. The molecule has 2 aromatic carbocycles. The summed E-state index contributed by atoms with van der Waals surface area (Å²) < 4.78 is 15.8. The van der Waals surface area contributed by atoms with E-state index in [1.54, 1.807) is 21.3 Å². The summed E-state index contributed by atoms with van der Waals surface area (Å²) in [5, 5.41) is 3.32. The largest absolute Gasteiger partial charge is 0.497 e. The van der Waals surface area contributed by atoms with Crippen molar-refractivity contribution in [3.05, 3.63) is 53.6 Å². The summed E-state index contributed by atoms with van der Waals surface area (Å²) in [7, 11) is 6.88. The van der Waals surface area contributed by atoms with Crippen LogP contribution in [-0.2, 0) is 0 Å². The molecule has 4 heteroatoms. The van der Waals surface area contributed by atoms with Gasteiger partial charge in [0.15, 0.2) is 11.5 Å². The second-order valence-electron chi connectivity index (χ2n) is 4.61. The van der Waals surface area contributed by atoms with Gasteiger partial charge in [-0.1, -0.05) is 18.2 Å². The predicted octanol–water partition coefficient (Wildman–Crippen LogP) is 3.02. The lowest BCUT2D eigenvalue weighted by molar-refractivity contribution is 0.354. The monoisotopic (exact) mass is 287 g/mol. The normalized spacial score (nSPS) is 11.8. The van der Waals surface area contributed by atoms with E-state index >= 15 is 0 Å². The molecule has 0 heterocycles. The molecule has 0 aromatic heterocycles. The highest BCUT2D eigenvalue weighted by molar-refractivity contribution is 5.46. The predicted molar refractivity (Wildman–Crippen MR) is 83.4 cm³/mol. The fourth-order valence-electron chi connectivity index (χ4n) is 2.35. The molecule has 0 saturated heterocycles. The minimum Gasteiger partial charge on any atom is -0.497 e. The highest BCUT2D eigenvalue weighted by atomic mass is 16.5. The molecule has 0 saturated carbocycles. The van der Waals surface area contributed by atoms with Gasteiger partial charge in [0.1, 0.15) is 5.75 Å². The first-order valence-electron chi connectivity index (χ1n) is 6.76. The Kier molecular flexibility index (Phi) is 5.06. The van der Waals surface area contributed by atoms with Gasteiger partial charge >= 0.3 is 0 Å². The van der Waals surface area contributed by atoms with Crippen LogP contribution in [0.1, 0.15) is 17.2 Å². The lowest BCUT2D eigenvalue weighted by atomic mass is 9.98. The molecule has 2 rings (SSSR count). The van der Waals surface area contributed by atoms with Crippen LogP contribution in [-0.4, -0.2) is 28.4 Å². The van der Waals surface area contributed by atoms with Crippen molar-refractivity contribution >= 4 is 0 Å². The Labute approximate surface area is 125 Å². The van der Waals surface area contributed by atoms with Gasteiger partial charge in [0.05, 0.1) is 27.4 Å². The van der Waals surface area contributed by atoms with E-state index in [9.17, 15) is 0 Å². The minimum absolute atomic E-state index is 0.0794. The molecular weight excluding hydrogens is 266 g/mol. The van der Waals surface area contributed by atoms with E-state index in [2.05, 4.69) is 17.4 Å². The number of hydrogen-bond acceptors (Lipinski definition) is 4. The molecule has 0 fully saturated rings. The molecular formula is C17H21NO3. The SMILES string of the molecule is CNC(c1ccc(OC)cc1)c1ccc(OC)c(OC)c1. The minimum atomic E-state index is 0.0794. The maximum atomic E-state index is 5.37. The highest BCUT2D eigenvalue weighted by Crippen LogP contribution is 2.32. The average Bonchev–Trinajstić information content (AvgIpc) is 2.56. The summed E-state index contributed by atoms with van der Waals surface area (Å²) in [6.45, 7) is 0. The zero-order chi connectivity index (χ0) is 15.2. The molecule has 0 aliphatic rings. The third-order valence-electron chi connectivity index (χ3n) is 3.48. The van der Waals surface area contributed by atoms with Crippen LogP contribution in [0.5, 0.6) is 17.2 Å². The van der Waals surface area contributed by atoms with E-state index in [4.69, 9.17) is 14.2 Å². The first-order valence-corrected chi connectivity index (χ1v) is 6.76. The quantitative estimate of drug-likeness (QED) is 0.886. The second kappa shape index (κ2) is 6.99. The van der Waals surface area contributed by atoms with Crippen LogP contribution in [0, 0.1) is 0 Å². The number of nitrogens with one attached hydrogen (secondary N) is 1. The van der Waals surface area contributed by atoms with Crippen molar-refractivity contribution in [3.8, 4) is 17.2 Å². The smallest absolute Gasteiger partial charge is 0.161 e. The van der Waals surface area contributed by atoms with Gasteiger partial charge < -0.3 is 19.5 Å². The van der Waals surface area contributed by atoms with Crippen molar-refractivity contribution in [1.82, 2.24) is 5.32 Å². The topological polar surface area (TPSA) is 39.7 Å². The summed E-state index contributed by atoms with van der Waals surface area (Å²) in [5.74, 6) is 2.30. The Morgan fingerprint density at radius 1 is 0.762 bits per heavy atom. The fraction of sp³-hybridized carbons (Fsp3) is 0.294. The number of methoxy groups -OCH3 is 3. The first kappa shape index (κ1) is 15.2. The summed E-state index contributed by atoms with van der Waals surface area (Å²) in [6, 6.07) is 14.0. The van der Waals surface area contributed by atoms with Crippen LogP contribution in [0.3, 0.4) is 0 Å². The van der Waals surface area contributed by atoms with Crippen molar-refractivity contribution in [2.24, 2.45) is 0 Å². The van der Waals surface area contributed by atoms with Crippen LogP contribution in [0.4, 0.5) is 0 Å². The van der Waals surface area contributed by atoms with E-state index < -0.39 is 0 Å². The van der Waals surface area contributed by atoms with Gasteiger partial charge in [-0.25, -0.2) is 0 Å².